The molecule has 0 aliphatic heterocycles. The Bertz CT molecular complexity index is 737. The third-order valence-corrected chi connectivity index (χ3v) is 2.97. The molecule has 0 atom stereocenters. The summed E-state index contributed by atoms with van der Waals surface area (Å²) >= 11 is 0. The van der Waals surface area contributed by atoms with Crippen molar-refractivity contribution in [1.82, 2.24) is 4.57 Å². The standard InChI is InChI=1S/C14H13F2NO3/c1-3-17-7-8(14(19)20-4-2)13(18)11-10(17)6-5-9(15)12(11)16/h5-7H,3-4H2,1-2H3. The lowest BCUT2D eigenvalue weighted by Gasteiger charge is -2.11. The van der Waals surface area contributed by atoms with Gasteiger partial charge in [-0.3, -0.25) is 4.79 Å². The molecule has 1 aromatic carbocycles. The molecule has 1 aromatic heterocycles. The van der Waals surface area contributed by atoms with Crippen molar-refractivity contribution in [1.29, 1.82) is 0 Å². The van der Waals surface area contributed by atoms with Crippen molar-refractivity contribution in [2.45, 2.75) is 20.4 Å². The topological polar surface area (TPSA) is 48.3 Å². The van der Waals surface area contributed by atoms with E-state index in [0.717, 1.165) is 6.07 Å². The van der Waals surface area contributed by atoms with Gasteiger partial charge >= 0.3 is 5.97 Å². The van der Waals surface area contributed by atoms with Gasteiger partial charge in [0.15, 0.2) is 11.6 Å². The van der Waals surface area contributed by atoms with Gasteiger partial charge in [-0.15, -0.1) is 0 Å². The highest BCUT2D eigenvalue weighted by atomic mass is 19.2. The highest BCUT2D eigenvalue weighted by molar-refractivity contribution is 5.94. The number of nitrogens with zero attached hydrogens (tertiary/aromatic N) is 1. The Hall–Kier alpha value is -2.24. The second kappa shape index (κ2) is 5.40. The van der Waals surface area contributed by atoms with Crippen molar-refractivity contribution < 1.29 is 18.3 Å². The Morgan fingerprint density at radius 2 is 2.00 bits per heavy atom. The van der Waals surface area contributed by atoms with E-state index in [1.165, 1.54) is 16.8 Å². The van der Waals surface area contributed by atoms with Gasteiger partial charge < -0.3 is 9.30 Å². The summed E-state index contributed by atoms with van der Waals surface area (Å²) < 4.78 is 33.4. The predicted octanol–water partition coefficient (Wildman–Crippen LogP) is 2.48. The van der Waals surface area contributed by atoms with Crippen molar-refractivity contribution in [3.63, 3.8) is 0 Å². The molecular formula is C14H13F2NO3. The number of aromatic nitrogens is 1. The Morgan fingerprint density at radius 3 is 2.60 bits per heavy atom. The molecule has 0 bridgehead atoms. The summed E-state index contributed by atoms with van der Waals surface area (Å²) in [5, 5.41) is -0.433. The number of ether oxygens (including phenoxy) is 1. The summed E-state index contributed by atoms with van der Waals surface area (Å²) in [5.41, 5.74) is -0.921. The van der Waals surface area contributed by atoms with E-state index in [4.69, 9.17) is 4.74 Å². The van der Waals surface area contributed by atoms with Crippen LogP contribution in [0.4, 0.5) is 8.78 Å². The number of aryl methyl sites for hydroxylation is 1. The van der Waals surface area contributed by atoms with Gasteiger partial charge in [-0.2, -0.15) is 0 Å². The number of halogens is 2. The van der Waals surface area contributed by atoms with E-state index >= 15 is 0 Å². The van der Waals surface area contributed by atoms with Gasteiger partial charge in [0.05, 0.1) is 17.5 Å². The molecule has 0 radical (unpaired) electrons. The largest absolute Gasteiger partial charge is 0.462 e. The number of rotatable bonds is 3. The summed E-state index contributed by atoms with van der Waals surface area (Å²) in [6.07, 6.45) is 1.31. The maximum absolute atomic E-state index is 13.9. The number of hydrogen-bond acceptors (Lipinski definition) is 3. The van der Waals surface area contributed by atoms with Gasteiger partial charge in [-0.05, 0) is 26.0 Å². The first-order valence-electron chi connectivity index (χ1n) is 6.19. The third-order valence-electron chi connectivity index (χ3n) is 2.97. The molecule has 4 nitrogen and oxygen atoms in total. The van der Waals surface area contributed by atoms with Gasteiger partial charge in [-0.25, -0.2) is 13.6 Å². The van der Waals surface area contributed by atoms with Crippen LogP contribution in [0.3, 0.4) is 0 Å². The predicted molar refractivity (Wildman–Crippen MR) is 69.8 cm³/mol. The van der Waals surface area contributed by atoms with E-state index in [-0.39, 0.29) is 17.7 Å². The molecule has 6 heteroatoms. The van der Waals surface area contributed by atoms with Crippen LogP contribution in [0.1, 0.15) is 24.2 Å². The van der Waals surface area contributed by atoms with E-state index in [2.05, 4.69) is 0 Å². The van der Waals surface area contributed by atoms with Crippen molar-refractivity contribution >= 4 is 16.9 Å². The summed E-state index contributed by atoms with van der Waals surface area (Å²) in [7, 11) is 0. The second-order valence-corrected chi connectivity index (χ2v) is 4.13. The third kappa shape index (κ3) is 2.17. The minimum atomic E-state index is -1.25. The molecule has 0 amide bonds. The first kappa shape index (κ1) is 14.2. The molecule has 0 unspecified atom stereocenters. The summed E-state index contributed by atoms with van der Waals surface area (Å²) in [6, 6.07) is 2.26. The van der Waals surface area contributed by atoms with Crippen LogP contribution < -0.4 is 5.43 Å². The minimum Gasteiger partial charge on any atom is -0.462 e. The minimum absolute atomic E-state index is 0.0913. The fourth-order valence-electron chi connectivity index (χ4n) is 2.03. The van der Waals surface area contributed by atoms with Gasteiger partial charge in [0, 0.05) is 12.7 Å². The fraction of sp³-hybridized carbons (Fsp3) is 0.286. The monoisotopic (exact) mass is 281 g/mol. The number of benzene rings is 1. The molecule has 0 saturated heterocycles. The molecule has 0 saturated carbocycles. The smallest absolute Gasteiger partial charge is 0.343 e. The summed E-state index contributed by atoms with van der Waals surface area (Å²) in [4.78, 5) is 23.9. The first-order chi connectivity index (χ1) is 9.51. The quantitative estimate of drug-likeness (QED) is 0.812. The van der Waals surface area contributed by atoms with E-state index in [9.17, 15) is 18.4 Å². The summed E-state index contributed by atoms with van der Waals surface area (Å²) in [5.74, 6) is -3.22. The molecule has 2 aromatic rings. The number of carbonyl (C=O) groups excluding carboxylic acids is 1. The van der Waals surface area contributed by atoms with Crippen molar-refractivity contribution in [2.24, 2.45) is 0 Å². The number of hydrogen-bond donors (Lipinski definition) is 0. The maximum atomic E-state index is 13.9. The second-order valence-electron chi connectivity index (χ2n) is 4.13. The molecule has 20 heavy (non-hydrogen) atoms. The SMILES string of the molecule is CCOC(=O)c1cn(CC)c2ccc(F)c(F)c2c1=O. The first-order valence-corrected chi connectivity index (χ1v) is 6.19. The van der Waals surface area contributed by atoms with Crippen molar-refractivity contribution in [3.8, 4) is 0 Å². The molecule has 106 valence electrons. The molecule has 0 spiro atoms. The van der Waals surface area contributed by atoms with E-state index in [1.54, 1.807) is 13.8 Å². The van der Waals surface area contributed by atoms with Crippen LogP contribution in [0, 0.1) is 11.6 Å². The molecule has 2 rings (SSSR count). The molecule has 1 heterocycles. The van der Waals surface area contributed by atoms with Crippen LogP contribution in [-0.2, 0) is 11.3 Å². The van der Waals surface area contributed by atoms with Gasteiger partial charge in [0.1, 0.15) is 5.56 Å². The van der Waals surface area contributed by atoms with Crippen LogP contribution in [0.5, 0.6) is 0 Å². The molecular weight excluding hydrogens is 268 g/mol. The maximum Gasteiger partial charge on any atom is 0.343 e. The van der Waals surface area contributed by atoms with E-state index < -0.39 is 28.4 Å². The van der Waals surface area contributed by atoms with Gasteiger partial charge in [0.25, 0.3) is 0 Å². The van der Waals surface area contributed by atoms with Crippen LogP contribution in [0.25, 0.3) is 10.9 Å². The average Bonchev–Trinajstić information content (AvgIpc) is 2.43. The van der Waals surface area contributed by atoms with Crippen LogP contribution >= 0.6 is 0 Å². The zero-order chi connectivity index (χ0) is 14.9. The molecule has 0 N–H and O–H groups in total. The average molecular weight is 281 g/mol. The lowest BCUT2D eigenvalue weighted by atomic mass is 10.1. The molecule has 0 fully saturated rings. The normalized spacial score (nSPS) is 10.8. The highest BCUT2D eigenvalue weighted by Gasteiger charge is 2.20. The van der Waals surface area contributed by atoms with Gasteiger partial charge in [0.2, 0.25) is 5.43 Å². The zero-order valence-corrected chi connectivity index (χ0v) is 11.1. The van der Waals surface area contributed by atoms with Crippen molar-refractivity contribution in [2.75, 3.05) is 6.61 Å². The Balaban J connectivity index is 2.87. The van der Waals surface area contributed by atoms with E-state index in [0.29, 0.717) is 6.54 Å². The highest BCUT2D eigenvalue weighted by Crippen LogP contribution is 2.18. The van der Waals surface area contributed by atoms with Gasteiger partial charge in [-0.1, -0.05) is 0 Å². The number of esters is 1. The van der Waals surface area contributed by atoms with E-state index in [1.807, 2.05) is 0 Å². The Labute approximate surface area is 113 Å². The van der Waals surface area contributed by atoms with Crippen LogP contribution in [0.15, 0.2) is 23.1 Å². The lowest BCUT2D eigenvalue weighted by molar-refractivity contribution is 0.0524. The fourth-order valence-corrected chi connectivity index (χ4v) is 2.03. The Kier molecular flexibility index (Phi) is 3.83. The summed E-state index contributed by atoms with van der Waals surface area (Å²) in [6.45, 7) is 3.85. The van der Waals surface area contributed by atoms with Crippen LogP contribution in [0.2, 0.25) is 0 Å². The molecule has 0 aliphatic carbocycles. The number of carbonyl (C=O) groups is 1. The number of fused-ring (bicyclic) bond motifs is 1. The molecule has 0 aliphatic rings. The van der Waals surface area contributed by atoms with Crippen molar-refractivity contribution in [3.05, 3.63) is 45.8 Å². The Morgan fingerprint density at radius 1 is 1.30 bits per heavy atom. The zero-order valence-electron chi connectivity index (χ0n) is 11.1. The number of pyridine rings is 1. The van der Waals surface area contributed by atoms with Crippen LogP contribution in [-0.4, -0.2) is 17.1 Å². The lowest BCUT2D eigenvalue weighted by Crippen LogP contribution is -2.21.